The third kappa shape index (κ3) is 3.70. The maximum Gasteiger partial charge on any atom is 0.404 e. The maximum atomic E-state index is 12.8. The van der Waals surface area contributed by atoms with Crippen LogP contribution in [-0.2, 0) is 4.79 Å². The summed E-state index contributed by atoms with van der Waals surface area (Å²) in [5, 5.41) is 14.4. The summed E-state index contributed by atoms with van der Waals surface area (Å²) in [6.07, 6.45) is 3.26. The van der Waals surface area contributed by atoms with Crippen LogP contribution in [0.5, 0.6) is 0 Å². The highest BCUT2D eigenvalue weighted by atomic mass is 16.4. The molecular weight excluding hydrogens is 306 g/mol. The van der Waals surface area contributed by atoms with Gasteiger partial charge >= 0.3 is 6.09 Å². The van der Waals surface area contributed by atoms with Crippen molar-refractivity contribution in [2.24, 2.45) is 0 Å². The minimum Gasteiger partial charge on any atom is -0.465 e. The highest BCUT2D eigenvalue weighted by Gasteiger charge is 2.39. The van der Waals surface area contributed by atoms with Crippen LogP contribution in [-0.4, -0.2) is 53.7 Å². The summed E-state index contributed by atoms with van der Waals surface area (Å²) < 4.78 is 0. The van der Waals surface area contributed by atoms with Crippen LogP contribution in [0.1, 0.15) is 37.2 Å². The van der Waals surface area contributed by atoms with Crippen LogP contribution in [0.15, 0.2) is 30.3 Å². The van der Waals surface area contributed by atoms with Crippen LogP contribution in [0.2, 0.25) is 0 Å². The highest BCUT2D eigenvalue weighted by molar-refractivity contribution is 5.84. The molecule has 6 nitrogen and oxygen atoms in total. The van der Waals surface area contributed by atoms with E-state index < -0.39 is 12.0 Å². The normalized spacial score (nSPS) is 27.5. The molecule has 1 aromatic carbocycles. The number of benzene rings is 1. The molecule has 6 heteroatoms. The number of nitrogens with zero attached hydrogens (tertiary/aromatic N) is 1. The second-order valence-corrected chi connectivity index (χ2v) is 6.88. The predicted molar refractivity (Wildman–Crippen MR) is 90.9 cm³/mol. The molecular formula is C18H25N3O3. The Hall–Kier alpha value is -2.08. The van der Waals surface area contributed by atoms with Crippen molar-refractivity contribution in [1.29, 1.82) is 0 Å². The molecule has 2 aliphatic heterocycles. The minimum atomic E-state index is -1.11. The molecule has 2 aliphatic rings. The zero-order valence-electron chi connectivity index (χ0n) is 13.9. The van der Waals surface area contributed by atoms with Crippen molar-refractivity contribution in [3.05, 3.63) is 35.9 Å². The fourth-order valence-electron chi connectivity index (χ4n) is 4.07. The number of amides is 2. The van der Waals surface area contributed by atoms with Crippen molar-refractivity contribution < 1.29 is 14.7 Å². The summed E-state index contributed by atoms with van der Waals surface area (Å²) in [6.45, 7) is 0.0880. The molecule has 2 fully saturated rings. The summed E-state index contributed by atoms with van der Waals surface area (Å²) in [7, 11) is 2.17. The zero-order valence-corrected chi connectivity index (χ0v) is 13.9. The van der Waals surface area contributed by atoms with Crippen molar-refractivity contribution in [1.82, 2.24) is 15.5 Å². The molecule has 4 atom stereocenters. The molecule has 3 N–H and O–H groups in total. The van der Waals surface area contributed by atoms with Gasteiger partial charge in [0.15, 0.2) is 0 Å². The van der Waals surface area contributed by atoms with Gasteiger partial charge in [-0.05, 0) is 38.3 Å². The van der Waals surface area contributed by atoms with Crippen molar-refractivity contribution in [3.8, 4) is 0 Å². The van der Waals surface area contributed by atoms with Crippen molar-refractivity contribution in [2.45, 2.75) is 49.7 Å². The fraction of sp³-hybridized carbons (Fsp3) is 0.556. The molecule has 2 heterocycles. The van der Waals surface area contributed by atoms with Crippen LogP contribution in [0.4, 0.5) is 4.79 Å². The Morgan fingerprint density at radius 3 is 2.42 bits per heavy atom. The summed E-state index contributed by atoms with van der Waals surface area (Å²) in [5.74, 6) is -0.594. The number of carbonyl (C=O) groups excluding carboxylic acids is 1. The Balaban J connectivity index is 1.66. The van der Waals surface area contributed by atoms with Crippen LogP contribution in [0.25, 0.3) is 0 Å². The number of nitrogens with one attached hydrogen (secondary N) is 2. The van der Waals surface area contributed by atoms with E-state index in [2.05, 4.69) is 22.6 Å². The third-order valence-electron chi connectivity index (χ3n) is 5.42. The summed E-state index contributed by atoms with van der Waals surface area (Å²) in [5.41, 5.74) is 0.833. The third-order valence-corrected chi connectivity index (χ3v) is 5.42. The van der Waals surface area contributed by atoms with E-state index >= 15 is 0 Å². The van der Waals surface area contributed by atoms with Crippen molar-refractivity contribution >= 4 is 12.0 Å². The molecule has 0 radical (unpaired) electrons. The first-order chi connectivity index (χ1) is 11.5. The van der Waals surface area contributed by atoms with E-state index in [1.807, 2.05) is 30.3 Å². The molecule has 0 spiro atoms. The Bertz CT molecular complexity index is 578. The van der Waals surface area contributed by atoms with Crippen molar-refractivity contribution in [3.63, 3.8) is 0 Å². The fourth-order valence-corrected chi connectivity index (χ4v) is 4.07. The molecule has 2 bridgehead atoms. The largest absolute Gasteiger partial charge is 0.465 e. The second kappa shape index (κ2) is 7.21. The first-order valence-corrected chi connectivity index (χ1v) is 8.58. The Labute approximate surface area is 142 Å². The molecule has 1 aromatic rings. The minimum absolute atomic E-state index is 0.0880. The standard InChI is InChI=1S/C18H25N3O3/c1-21-14-7-8-15(21)10-13(9-14)20-17(22)16(11-19-18(23)24)12-5-3-2-4-6-12/h2-6,13-16,19H,7-11H2,1H3,(H,20,22)(H,23,24)/t13-,14+,15-,16?. The van der Waals surface area contributed by atoms with E-state index in [9.17, 15) is 9.59 Å². The zero-order chi connectivity index (χ0) is 17.1. The lowest BCUT2D eigenvalue weighted by Crippen LogP contribution is -2.50. The Morgan fingerprint density at radius 2 is 1.83 bits per heavy atom. The first kappa shape index (κ1) is 16.8. The molecule has 24 heavy (non-hydrogen) atoms. The predicted octanol–water partition coefficient (Wildman–Crippen LogP) is 1.78. The number of hydrogen-bond acceptors (Lipinski definition) is 3. The van der Waals surface area contributed by atoms with Gasteiger partial charge < -0.3 is 20.6 Å². The van der Waals surface area contributed by atoms with Crippen LogP contribution < -0.4 is 10.6 Å². The van der Waals surface area contributed by atoms with E-state index in [0.717, 1.165) is 18.4 Å². The van der Waals surface area contributed by atoms with Gasteiger partial charge in [0.2, 0.25) is 5.91 Å². The van der Waals surface area contributed by atoms with Crippen molar-refractivity contribution in [2.75, 3.05) is 13.6 Å². The summed E-state index contributed by atoms with van der Waals surface area (Å²) in [4.78, 5) is 26.0. The average Bonchev–Trinajstić information content (AvgIpc) is 2.77. The molecule has 2 saturated heterocycles. The summed E-state index contributed by atoms with van der Waals surface area (Å²) >= 11 is 0. The second-order valence-electron chi connectivity index (χ2n) is 6.88. The molecule has 1 unspecified atom stereocenters. The summed E-state index contributed by atoms with van der Waals surface area (Å²) in [6, 6.07) is 10.7. The van der Waals surface area contributed by atoms with Gasteiger partial charge in [-0.2, -0.15) is 0 Å². The molecule has 0 aliphatic carbocycles. The number of hydrogen-bond donors (Lipinski definition) is 3. The number of carbonyl (C=O) groups is 2. The number of piperidine rings is 1. The maximum absolute atomic E-state index is 12.8. The topological polar surface area (TPSA) is 81.7 Å². The van der Waals surface area contributed by atoms with Gasteiger partial charge in [-0.3, -0.25) is 4.79 Å². The quantitative estimate of drug-likeness (QED) is 0.768. The lowest BCUT2D eigenvalue weighted by atomic mass is 9.94. The van der Waals surface area contributed by atoms with E-state index in [0.29, 0.717) is 12.1 Å². The monoisotopic (exact) mass is 331 g/mol. The van der Waals surface area contributed by atoms with E-state index in [1.165, 1.54) is 12.8 Å². The molecule has 3 rings (SSSR count). The molecule has 0 aromatic heterocycles. The number of rotatable bonds is 5. The van der Waals surface area contributed by atoms with E-state index in [1.54, 1.807) is 0 Å². The van der Waals surface area contributed by atoms with E-state index in [-0.39, 0.29) is 18.5 Å². The van der Waals surface area contributed by atoms with E-state index in [4.69, 9.17) is 5.11 Å². The van der Waals surface area contributed by atoms with Gasteiger partial charge in [0, 0.05) is 24.7 Å². The van der Waals surface area contributed by atoms with Gasteiger partial charge in [-0.1, -0.05) is 30.3 Å². The smallest absolute Gasteiger partial charge is 0.404 e. The van der Waals surface area contributed by atoms with Gasteiger partial charge in [0.1, 0.15) is 0 Å². The molecule has 0 saturated carbocycles. The van der Waals surface area contributed by atoms with Crippen LogP contribution >= 0.6 is 0 Å². The lowest BCUT2D eigenvalue weighted by molar-refractivity contribution is -0.123. The molecule has 130 valence electrons. The van der Waals surface area contributed by atoms with Gasteiger partial charge in [0.25, 0.3) is 0 Å². The SMILES string of the molecule is CN1[C@@H]2CC[C@H]1C[C@@H](NC(=O)C(CNC(=O)O)c1ccccc1)C2. The Morgan fingerprint density at radius 1 is 1.21 bits per heavy atom. The van der Waals surface area contributed by atoms with Crippen LogP contribution in [0, 0.1) is 0 Å². The van der Waals surface area contributed by atoms with Gasteiger partial charge in [0.05, 0.1) is 5.92 Å². The Kier molecular flexibility index (Phi) is 5.04. The van der Waals surface area contributed by atoms with Gasteiger partial charge in [-0.15, -0.1) is 0 Å². The number of carboxylic acid groups (broad SMARTS) is 1. The number of fused-ring (bicyclic) bond motifs is 2. The van der Waals surface area contributed by atoms with Gasteiger partial charge in [-0.25, -0.2) is 4.79 Å². The highest BCUT2D eigenvalue weighted by Crippen LogP contribution is 2.34. The molecule has 2 amide bonds. The van der Waals surface area contributed by atoms with Crippen LogP contribution in [0.3, 0.4) is 0 Å². The lowest BCUT2D eigenvalue weighted by Gasteiger charge is -2.37. The first-order valence-electron chi connectivity index (χ1n) is 8.58. The average molecular weight is 331 g/mol.